The number of hydrogen-bond donors (Lipinski definition) is 1. The highest BCUT2D eigenvalue weighted by molar-refractivity contribution is 5.12. The van der Waals surface area contributed by atoms with E-state index in [2.05, 4.69) is 29.1 Å². The van der Waals surface area contributed by atoms with Crippen LogP contribution in [0, 0.1) is 11.8 Å². The quantitative estimate of drug-likeness (QED) is 0.742. The molecule has 0 saturated heterocycles. The van der Waals surface area contributed by atoms with Gasteiger partial charge in [0, 0.05) is 12.6 Å². The summed E-state index contributed by atoms with van der Waals surface area (Å²) in [6, 6.07) is 6.26. The Kier molecular flexibility index (Phi) is 5.50. The number of hydrogen-bond acceptors (Lipinski definition) is 2. The van der Waals surface area contributed by atoms with Crippen LogP contribution >= 0.6 is 0 Å². The summed E-state index contributed by atoms with van der Waals surface area (Å²) in [7, 11) is 0. The molecule has 1 aromatic rings. The van der Waals surface area contributed by atoms with Crippen molar-refractivity contribution in [1.82, 2.24) is 10.3 Å². The van der Waals surface area contributed by atoms with Crippen molar-refractivity contribution >= 4 is 0 Å². The fraction of sp³-hybridized carbons (Fsp3) is 0.462. The Hall–Kier alpha value is -1.33. The minimum atomic E-state index is 0.263. The SMILES string of the molecule is CC#CCC(NCCC)c1ccccn1. The summed E-state index contributed by atoms with van der Waals surface area (Å²) in [6.07, 6.45) is 3.78. The highest BCUT2D eigenvalue weighted by Gasteiger charge is 2.09. The van der Waals surface area contributed by atoms with Crippen LogP contribution in [0.15, 0.2) is 24.4 Å². The van der Waals surface area contributed by atoms with Gasteiger partial charge in [-0.15, -0.1) is 11.8 Å². The van der Waals surface area contributed by atoms with Gasteiger partial charge in [-0.3, -0.25) is 4.98 Å². The Morgan fingerprint density at radius 1 is 1.47 bits per heavy atom. The van der Waals surface area contributed by atoms with E-state index in [1.807, 2.05) is 31.3 Å². The standard InChI is InChI=1S/C13H18N2/c1-3-5-8-12(14-10-4-2)13-9-6-7-11-15-13/h6-7,9,11-12,14H,4,8,10H2,1-2H3. The van der Waals surface area contributed by atoms with Crippen LogP contribution in [0.4, 0.5) is 0 Å². The molecular weight excluding hydrogens is 184 g/mol. The first kappa shape index (κ1) is 11.7. The molecule has 0 radical (unpaired) electrons. The van der Waals surface area contributed by atoms with E-state index in [-0.39, 0.29) is 6.04 Å². The number of aromatic nitrogens is 1. The van der Waals surface area contributed by atoms with E-state index in [1.54, 1.807) is 0 Å². The second kappa shape index (κ2) is 7.03. The predicted molar refractivity (Wildman–Crippen MR) is 63.3 cm³/mol. The number of nitrogens with zero attached hydrogens (tertiary/aromatic N) is 1. The molecule has 1 rings (SSSR count). The molecule has 1 unspecified atom stereocenters. The molecule has 0 amide bonds. The van der Waals surface area contributed by atoms with Crippen molar-refractivity contribution in [3.8, 4) is 11.8 Å². The van der Waals surface area contributed by atoms with E-state index in [0.29, 0.717) is 0 Å². The van der Waals surface area contributed by atoms with E-state index in [4.69, 9.17) is 0 Å². The van der Waals surface area contributed by atoms with E-state index < -0.39 is 0 Å². The zero-order valence-corrected chi connectivity index (χ0v) is 9.46. The third-order valence-electron chi connectivity index (χ3n) is 2.17. The summed E-state index contributed by atoms with van der Waals surface area (Å²) in [5.41, 5.74) is 1.08. The Morgan fingerprint density at radius 2 is 2.33 bits per heavy atom. The zero-order chi connectivity index (χ0) is 10.9. The van der Waals surface area contributed by atoms with Gasteiger partial charge < -0.3 is 5.32 Å². The van der Waals surface area contributed by atoms with Gasteiger partial charge in [0.25, 0.3) is 0 Å². The molecule has 0 bridgehead atoms. The molecule has 1 atom stereocenters. The van der Waals surface area contributed by atoms with Crippen molar-refractivity contribution in [2.75, 3.05) is 6.54 Å². The van der Waals surface area contributed by atoms with Crippen LogP contribution in [0.2, 0.25) is 0 Å². The molecule has 2 heteroatoms. The Bertz CT molecular complexity index is 321. The third-order valence-corrected chi connectivity index (χ3v) is 2.17. The molecule has 1 heterocycles. The van der Waals surface area contributed by atoms with Crippen molar-refractivity contribution in [3.05, 3.63) is 30.1 Å². The molecule has 0 aromatic carbocycles. The summed E-state index contributed by atoms with van der Waals surface area (Å²) >= 11 is 0. The molecule has 0 aliphatic carbocycles. The van der Waals surface area contributed by atoms with Crippen LogP contribution in [0.3, 0.4) is 0 Å². The lowest BCUT2D eigenvalue weighted by atomic mass is 10.1. The molecule has 2 nitrogen and oxygen atoms in total. The Balaban J connectivity index is 2.65. The zero-order valence-electron chi connectivity index (χ0n) is 9.46. The molecule has 0 spiro atoms. The fourth-order valence-electron chi connectivity index (χ4n) is 1.39. The van der Waals surface area contributed by atoms with Gasteiger partial charge in [0.1, 0.15) is 0 Å². The summed E-state index contributed by atoms with van der Waals surface area (Å²) < 4.78 is 0. The van der Waals surface area contributed by atoms with E-state index in [9.17, 15) is 0 Å². The van der Waals surface area contributed by atoms with Gasteiger partial charge in [0.2, 0.25) is 0 Å². The van der Waals surface area contributed by atoms with Gasteiger partial charge in [0.05, 0.1) is 11.7 Å². The Labute approximate surface area is 92.1 Å². The first-order valence-electron chi connectivity index (χ1n) is 5.42. The van der Waals surface area contributed by atoms with Gasteiger partial charge in [-0.2, -0.15) is 0 Å². The fourth-order valence-corrected chi connectivity index (χ4v) is 1.39. The summed E-state index contributed by atoms with van der Waals surface area (Å²) in [6.45, 7) is 5.04. The predicted octanol–water partition coefficient (Wildman–Crippen LogP) is 2.54. The van der Waals surface area contributed by atoms with Gasteiger partial charge >= 0.3 is 0 Å². The highest BCUT2D eigenvalue weighted by atomic mass is 14.9. The molecule has 0 aliphatic heterocycles. The summed E-state index contributed by atoms with van der Waals surface area (Å²) in [4.78, 5) is 4.35. The van der Waals surface area contributed by atoms with Gasteiger partial charge in [-0.05, 0) is 32.0 Å². The Morgan fingerprint density at radius 3 is 2.93 bits per heavy atom. The molecule has 80 valence electrons. The van der Waals surface area contributed by atoms with Crippen molar-refractivity contribution in [2.45, 2.75) is 32.7 Å². The minimum Gasteiger partial charge on any atom is -0.308 e. The lowest BCUT2D eigenvalue weighted by molar-refractivity contribution is 0.531. The van der Waals surface area contributed by atoms with Crippen LogP contribution in [-0.4, -0.2) is 11.5 Å². The topological polar surface area (TPSA) is 24.9 Å². The molecule has 1 N–H and O–H groups in total. The second-order valence-corrected chi connectivity index (χ2v) is 3.39. The second-order valence-electron chi connectivity index (χ2n) is 3.39. The van der Waals surface area contributed by atoms with Crippen molar-refractivity contribution < 1.29 is 0 Å². The maximum absolute atomic E-state index is 4.35. The van der Waals surface area contributed by atoms with Gasteiger partial charge in [0.15, 0.2) is 0 Å². The summed E-state index contributed by atoms with van der Waals surface area (Å²) in [5.74, 6) is 6.03. The molecular formula is C13H18N2. The van der Waals surface area contributed by atoms with Crippen molar-refractivity contribution in [1.29, 1.82) is 0 Å². The number of rotatable bonds is 5. The first-order chi connectivity index (χ1) is 7.38. The van der Waals surface area contributed by atoms with E-state index >= 15 is 0 Å². The van der Waals surface area contributed by atoms with Crippen LogP contribution in [0.1, 0.15) is 38.4 Å². The maximum atomic E-state index is 4.35. The molecule has 0 aliphatic rings. The average molecular weight is 202 g/mol. The van der Waals surface area contributed by atoms with Crippen molar-refractivity contribution in [2.24, 2.45) is 0 Å². The minimum absolute atomic E-state index is 0.263. The molecule has 15 heavy (non-hydrogen) atoms. The third kappa shape index (κ3) is 4.14. The van der Waals surface area contributed by atoms with Crippen LogP contribution < -0.4 is 5.32 Å². The normalized spacial score (nSPS) is 11.6. The highest BCUT2D eigenvalue weighted by Crippen LogP contribution is 2.12. The number of nitrogens with one attached hydrogen (secondary N) is 1. The lowest BCUT2D eigenvalue weighted by Gasteiger charge is -2.14. The van der Waals surface area contributed by atoms with Crippen LogP contribution in [0.25, 0.3) is 0 Å². The van der Waals surface area contributed by atoms with E-state index in [1.165, 1.54) is 0 Å². The first-order valence-corrected chi connectivity index (χ1v) is 5.42. The van der Waals surface area contributed by atoms with Gasteiger partial charge in [-0.25, -0.2) is 0 Å². The lowest BCUT2D eigenvalue weighted by Crippen LogP contribution is -2.22. The molecule has 0 saturated carbocycles. The molecule has 1 aromatic heterocycles. The van der Waals surface area contributed by atoms with Crippen molar-refractivity contribution in [3.63, 3.8) is 0 Å². The van der Waals surface area contributed by atoms with Gasteiger partial charge in [-0.1, -0.05) is 13.0 Å². The van der Waals surface area contributed by atoms with Crippen LogP contribution in [0.5, 0.6) is 0 Å². The maximum Gasteiger partial charge on any atom is 0.0605 e. The molecule has 0 fully saturated rings. The van der Waals surface area contributed by atoms with E-state index in [0.717, 1.165) is 25.1 Å². The van der Waals surface area contributed by atoms with Crippen LogP contribution in [-0.2, 0) is 0 Å². The number of pyridine rings is 1. The summed E-state index contributed by atoms with van der Waals surface area (Å²) in [5, 5.41) is 3.46. The monoisotopic (exact) mass is 202 g/mol. The average Bonchev–Trinajstić information content (AvgIpc) is 2.30. The smallest absolute Gasteiger partial charge is 0.0605 e. The largest absolute Gasteiger partial charge is 0.308 e.